The average molecular weight is 170 g/mol. The molecule has 0 heterocycles. The van der Waals surface area contributed by atoms with Gasteiger partial charge in [0, 0.05) is 11.8 Å². The molecule has 13 heavy (non-hydrogen) atoms. The molecule has 2 bridgehead atoms. The van der Waals surface area contributed by atoms with Crippen LogP contribution >= 0.6 is 0 Å². The molecule has 1 aromatic carbocycles. The molecule has 0 aliphatic heterocycles. The van der Waals surface area contributed by atoms with Crippen LogP contribution < -0.4 is 0 Å². The van der Waals surface area contributed by atoms with Crippen LogP contribution in [0, 0.1) is 12.8 Å². The van der Waals surface area contributed by atoms with Crippen LogP contribution in [0.1, 0.15) is 35.4 Å². The maximum absolute atomic E-state index is 2.39. The first-order valence-electron chi connectivity index (χ1n) is 5.07. The molecule has 66 valence electrons. The monoisotopic (exact) mass is 170 g/mol. The van der Waals surface area contributed by atoms with Crippen LogP contribution in [-0.2, 0) is 0 Å². The summed E-state index contributed by atoms with van der Waals surface area (Å²) in [7, 11) is 0. The third-order valence-corrected chi connectivity index (χ3v) is 3.71. The zero-order valence-corrected chi connectivity index (χ0v) is 8.12. The van der Waals surface area contributed by atoms with Crippen LogP contribution in [0.4, 0.5) is 0 Å². The van der Waals surface area contributed by atoms with E-state index in [1.54, 1.807) is 11.1 Å². The molecular formula is C13H14. The molecule has 0 saturated heterocycles. The highest BCUT2D eigenvalue weighted by Crippen LogP contribution is 2.53. The van der Waals surface area contributed by atoms with Crippen molar-refractivity contribution in [2.75, 3.05) is 0 Å². The molecule has 2 aliphatic carbocycles. The number of hydrogen-bond acceptors (Lipinski definition) is 0. The second-order valence-electron chi connectivity index (χ2n) is 4.37. The van der Waals surface area contributed by atoms with E-state index in [9.17, 15) is 0 Å². The lowest BCUT2D eigenvalue weighted by Crippen LogP contribution is -1.97. The van der Waals surface area contributed by atoms with Crippen molar-refractivity contribution in [1.82, 2.24) is 0 Å². The lowest BCUT2D eigenvalue weighted by Gasteiger charge is -2.12. The Labute approximate surface area is 79.3 Å². The highest BCUT2D eigenvalue weighted by atomic mass is 14.4. The van der Waals surface area contributed by atoms with Crippen molar-refractivity contribution < 1.29 is 0 Å². The van der Waals surface area contributed by atoms with Gasteiger partial charge < -0.3 is 0 Å². The highest BCUT2D eigenvalue weighted by Gasteiger charge is 2.39. The lowest BCUT2D eigenvalue weighted by atomic mass is 9.93. The number of hydrogen-bond donors (Lipinski definition) is 0. The predicted molar refractivity (Wildman–Crippen MR) is 55.0 cm³/mol. The molecule has 0 N–H and O–H groups in total. The van der Waals surface area contributed by atoms with Crippen molar-refractivity contribution in [3.8, 4) is 0 Å². The summed E-state index contributed by atoms with van der Waals surface area (Å²) in [6, 6.07) is 6.72. The summed E-state index contributed by atoms with van der Waals surface area (Å²) in [5.41, 5.74) is 4.67. The Bertz CT molecular complexity index is 387. The normalized spacial score (nSPS) is 33.8. The van der Waals surface area contributed by atoms with Crippen LogP contribution in [-0.4, -0.2) is 0 Å². The molecule has 0 spiro atoms. The van der Waals surface area contributed by atoms with Gasteiger partial charge in [-0.05, 0) is 29.5 Å². The van der Waals surface area contributed by atoms with Gasteiger partial charge in [0.2, 0.25) is 0 Å². The van der Waals surface area contributed by atoms with Crippen molar-refractivity contribution >= 4 is 0 Å². The van der Waals surface area contributed by atoms with E-state index >= 15 is 0 Å². The second kappa shape index (κ2) is 2.25. The fraction of sp³-hybridized carbons (Fsp3) is 0.385. The summed E-state index contributed by atoms with van der Waals surface area (Å²) >= 11 is 0. The minimum atomic E-state index is 0.708. The van der Waals surface area contributed by atoms with Gasteiger partial charge in [-0.3, -0.25) is 0 Å². The predicted octanol–water partition coefficient (Wildman–Crippen LogP) is 3.38. The van der Waals surface area contributed by atoms with Gasteiger partial charge in [-0.2, -0.15) is 0 Å². The maximum atomic E-state index is 2.39. The van der Waals surface area contributed by atoms with Gasteiger partial charge in [0.05, 0.1) is 0 Å². The smallest absolute Gasteiger partial charge is 0.00582 e. The topological polar surface area (TPSA) is 0 Å². The molecule has 2 aliphatic rings. The van der Waals surface area contributed by atoms with E-state index in [4.69, 9.17) is 0 Å². The molecule has 0 nitrogen and oxygen atoms in total. The van der Waals surface area contributed by atoms with E-state index in [2.05, 4.69) is 44.2 Å². The summed E-state index contributed by atoms with van der Waals surface area (Å²) in [5.74, 6) is 2.22. The van der Waals surface area contributed by atoms with E-state index in [1.807, 2.05) is 0 Å². The van der Waals surface area contributed by atoms with E-state index < -0.39 is 0 Å². The molecule has 3 unspecified atom stereocenters. The van der Waals surface area contributed by atoms with Crippen molar-refractivity contribution in [3.05, 3.63) is 47.0 Å². The average Bonchev–Trinajstić information content (AvgIpc) is 2.61. The van der Waals surface area contributed by atoms with Crippen molar-refractivity contribution in [2.45, 2.75) is 25.7 Å². The van der Waals surface area contributed by atoms with Gasteiger partial charge in [0.25, 0.3) is 0 Å². The summed E-state index contributed by atoms with van der Waals surface area (Å²) < 4.78 is 0. The minimum absolute atomic E-state index is 0.708. The van der Waals surface area contributed by atoms with Crippen LogP contribution in [0.5, 0.6) is 0 Å². The summed E-state index contributed by atoms with van der Waals surface area (Å²) in [6.45, 7) is 4.61. The molecule has 1 aromatic rings. The Balaban J connectivity index is 2.28. The Morgan fingerprint density at radius 3 is 2.62 bits per heavy atom. The Morgan fingerprint density at radius 1 is 1.08 bits per heavy atom. The van der Waals surface area contributed by atoms with Gasteiger partial charge in [-0.1, -0.05) is 37.3 Å². The van der Waals surface area contributed by atoms with Crippen LogP contribution in [0.3, 0.4) is 0 Å². The number of rotatable bonds is 0. The number of fused-ring (bicyclic) bond motifs is 5. The van der Waals surface area contributed by atoms with Gasteiger partial charge in [-0.15, -0.1) is 0 Å². The Hall–Kier alpha value is -1.04. The highest BCUT2D eigenvalue weighted by molar-refractivity contribution is 5.52. The van der Waals surface area contributed by atoms with Gasteiger partial charge in [-0.25, -0.2) is 0 Å². The zero-order chi connectivity index (χ0) is 9.00. The molecule has 0 fully saturated rings. The largest absolute Gasteiger partial charge is 0.0801 e. The first-order valence-corrected chi connectivity index (χ1v) is 5.07. The Morgan fingerprint density at radius 2 is 1.85 bits per heavy atom. The Kier molecular flexibility index (Phi) is 1.28. The van der Waals surface area contributed by atoms with E-state index in [0.29, 0.717) is 11.8 Å². The molecule has 0 saturated carbocycles. The fourth-order valence-electron chi connectivity index (χ4n) is 3.01. The minimum Gasteiger partial charge on any atom is -0.0801 e. The van der Waals surface area contributed by atoms with Gasteiger partial charge in [0.1, 0.15) is 0 Å². The third kappa shape index (κ3) is 0.763. The SMILES string of the molecule is Cc1cccc2c1C1C=CC2C1C. The van der Waals surface area contributed by atoms with Crippen molar-refractivity contribution in [1.29, 1.82) is 0 Å². The summed E-state index contributed by atoms with van der Waals surface area (Å²) in [4.78, 5) is 0. The molecule has 3 rings (SSSR count). The third-order valence-electron chi connectivity index (χ3n) is 3.71. The van der Waals surface area contributed by atoms with E-state index in [1.165, 1.54) is 5.56 Å². The molecule has 0 amide bonds. The summed E-state index contributed by atoms with van der Waals surface area (Å²) in [5, 5.41) is 0. The standard InChI is InChI=1S/C13H14/c1-8-4-3-5-12-10-6-7-11(9(10)2)13(8)12/h3-7,9-11H,1-2H3. The van der Waals surface area contributed by atoms with Crippen molar-refractivity contribution in [2.24, 2.45) is 5.92 Å². The lowest BCUT2D eigenvalue weighted by molar-refractivity contribution is 0.557. The first-order chi connectivity index (χ1) is 6.29. The number of aryl methyl sites for hydroxylation is 1. The van der Waals surface area contributed by atoms with E-state index in [0.717, 1.165) is 5.92 Å². The van der Waals surface area contributed by atoms with Crippen molar-refractivity contribution in [3.63, 3.8) is 0 Å². The van der Waals surface area contributed by atoms with Gasteiger partial charge >= 0.3 is 0 Å². The quantitative estimate of drug-likeness (QED) is 0.524. The molecule has 3 atom stereocenters. The summed E-state index contributed by atoms with van der Waals surface area (Å²) in [6.07, 6.45) is 4.78. The maximum Gasteiger partial charge on any atom is 0.00582 e. The number of allylic oxidation sites excluding steroid dienone is 2. The molecule has 0 radical (unpaired) electrons. The molecule has 0 aromatic heterocycles. The van der Waals surface area contributed by atoms with Crippen LogP contribution in [0.2, 0.25) is 0 Å². The molecular weight excluding hydrogens is 156 g/mol. The van der Waals surface area contributed by atoms with Crippen LogP contribution in [0.15, 0.2) is 30.4 Å². The first kappa shape index (κ1) is 7.37. The van der Waals surface area contributed by atoms with E-state index in [-0.39, 0.29) is 0 Å². The number of benzene rings is 1. The van der Waals surface area contributed by atoms with Gasteiger partial charge in [0.15, 0.2) is 0 Å². The van der Waals surface area contributed by atoms with Crippen LogP contribution in [0.25, 0.3) is 0 Å². The fourth-order valence-corrected chi connectivity index (χ4v) is 3.01. The second-order valence-corrected chi connectivity index (χ2v) is 4.37. The molecule has 0 heteroatoms. The zero-order valence-electron chi connectivity index (χ0n) is 8.12.